The van der Waals surface area contributed by atoms with Crippen molar-refractivity contribution in [3.8, 4) is 5.75 Å². The molecule has 1 amide bonds. The van der Waals surface area contributed by atoms with E-state index in [0.29, 0.717) is 12.5 Å². The number of aromatic nitrogens is 3. The number of benzene rings is 1. The van der Waals surface area contributed by atoms with Crippen molar-refractivity contribution in [2.45, 2.75) is 39.3 Å². The minimum absolute atomic E-state index is 0.0635. The van der Waals surface area contributed by atoms with Gasteiger partial charge in [-0.05, 0) is 50.5 Å². The van der Waals surface area contributed by atoms with Gasteiger partial charge in [0.1, 0.15) is 11.6 Å². The van der Waals surface area contributed by atoms with Gasteiger partial charge in [0, 0.05) is 44.0 Å². The summed E-state index contributed by atoms with van der Waals surface area (Å²) >= 11 is 0. The van der Waals surface area contributed by atoms with Gasteiger partial charge in [-0.25, -0.2) is 15.0 Å². The molecule has 1 aliphatic heterocycles. The van der Waals surface area contributed by atoms with Crippen LogP contribution in [-0.2, 0) is 11.3 Å². The molecule has 1 aromatic carbocycles. The van der Waals surface area contributed by atoms with Crippen LogP contribution in [0.2, 0.25) is 0 Å². The Labute approximate surface area is 188 Å². The monoisotopic (exact) mass is 434 g/mol. The fourth-order valence-electron chi connectivity index (χ4n) is 3.96. The van der Waals surface area contributed by atoms with Crippen molar-refractivity contribution >= 4 is 28.6 Å². The van der Waals surface area contributed by atoms with Crippen molar-refractivity contribution in [1.29, 1.82) is 0 Å². The van der Waals surface area contributed by atoms with E-state index in [1.807, 2.05) is 50.4 Å². The number of ether oxygens (including phenoxy) is 1. The fraction of sp³-hybridized carbons (Fsp3) is 0.417. The van der Waals surface area contributed by atoms with Gasteiger partial charge in [-0.3, -0.25) is 4.79 Å². The summed E-state index contributed by atoms with van der Waals surface area (Å²) < 4.78 is 5.20. The number of hydrogen-bond donors (Lipinski definition) is 2. The molecule has 1 aliphatic rings. The lowest BCUT2D eigenvalue weighted by atomic mass is 9.95. The Hall–Kier alpha value is -3.42. The molecule has 0 spiro atoms. The predicted molar refractivity (Wildman–Crippen MR) is 126 cm³/mol. The van der Waals surface area contributed by atoms with E-state index in [-0.39, 0.29) is 17.9 Å². The van der Waals surface area contributed by atoms with Crippen LogP contribution in [0.15, 0.2) is 42.7 Å². The van der Waals surface area contributed by atoms with Crippen molar-refractivity contribution in [3.63, 3.8) is 0 Å². The van der Waals surface area contributed by atoms with Crippen LogP contribution in [0, 0.1) is 5.92 Å². The Morgan fingerprint density at radius 1 is 1.16 bits per heavy atom. The summed E-state index contributed by atoms with van der Waals surface area (Å²) in [6.07, 6.45) is 5.26. The molecule has 0 bridgehead atoms. The van der Waals surface area contributed by atoms with Crippen molar-refractivity contribution in [3.05, 3.63) is 48.3 Å². The Morgan fingerprint density at radius 2 is 1.91 bits per heavy atom. The predicted octanol–water partition coefficient (Wildman–Crippen LogP) is 3.39. The summed E-state index contributed by atoms with van der Waals surface area (Å²) in [6.45, 7) is 6.19. The van der Waals surface area contributed by atoms with Gasteiger partial charge in [0.15, 0.2) is 0 Å². The van der Waals surface area contributed by atoms with E-state index in [4.69, 9.17) is 4.74 Å². The average Bonchev–Trinajstić information content (AvgIpc) is 2.82. The number of piperidine rings is 1. The maximum absolute atomic E-state index is 12.3. The highest BCUT2D eigenvalue weighted by molar-refractivity contribution is 5.89. The molecule has 8 heteroatoms. The lowest BCUT2D eigenvalue weighted by Crippen LogP contribution is -2.42. The van der Waals surface area contributed by atoms with E-state index in [0.717, 1.165) is 54.0 Å². The minimum atomic E-state index is 0.0635. The third-order valence-corrected chi connectivity index (χ3v) is 5.69. The maximum Gasteiger partial charge on any atom is 0.223 e. The summed E-state index contributed by atoms with van der Waals surface area (Å²) in [6, 6.07) is 9.98. The van der Waals surface area contributed by atoms with Crippen LogP contribution >= 0.6 is 0 Å². The molecule has 2 N–H and O–H groups in total. The van der Waals surface area contributed by atoms with Crippen LogP contribution in [0.1, 0.15) is 32.3 Å². The van der Waals surface area contributed by atoms with Gasteiger partial charge in [0.25, 0.3) is 0 Å². The standard InChI is InChI=1S/C24H30N6O2/c1-16(2)28-23(31)18-9-12-30(13-10-18)22-20-15-27-24(29-21(20)8-11-25-22)26-14-17-4-6-19(32-3)7-5-17/h4-8,11,15-16,18H,9-10,12-14H2,1-3H3,(H,28,31)(H,26,27,29). The second-order valence-electron chi connectivity index (χ2n) is 8.39. The fourth-order valence-corrected chi connectivity index (χ4v) is 3.96. The number of amides is 1. The molecule has 168 valence electrons. The minimum Gasteiger partial charge on any atom is -0.497 e. The first kappa shape index (κ1) is 21.8. The Morgan fingerprint density at radius 3 is 2.59 bits per heavy atom. The third-order valence-electron chi connectivity index (χ3n) is 5.69. The van der Waals surface area contributed by atoms with Gasteiger partial charge in [-0.1, -0.05) is 12.1 Å². The van der Waals surface area contributed by atoms with Gasteiger partial charge in [-0.2, -0.15) is 0 Å². The molecule has 32 heavy (non-hydrogen) atoms. The van der Waals surface area contributed by atoms with Crippen molar-refractivity contribution in [2.75, 3.05) is 30.4 Å². The first-order valence-electron chi connectivity index (χ1n) is 11.1. The smallest absolute Gasteiger partial charge is 0.223 e. The number of carbonyl (C=O) groups is 1. The first-order valence-corrected chi connectivity index (χ1v) is 11.1. The highest BCUT2D eigenvalue weighted by Gasteiger charge is 2.26. The second kappa shape index (κ2) is 9.80. The number of pyridine rings is 1. The molecule has 2 aromatic heterocycles. The zero-order chi connectivity index (χ0) is 22.5. The number of nitrogens with zero attached hydrogens (tertiary/aromatic N) is 4. The van der Waals surface area contributed by atoms with Crippen LogP contribution in [0.25, 0.3) is 10.9 Å². The number of nitrogens with one attached hydrogen (secondary N) is 2. The van der Waals surface area contributed by atoms with Gasteiger partial charge >= 0.3 is 0 Å². The van der Waals surface area contributed by atoms with Crippen LogP contribution in [-0.4, -0.2) is 47.1 Å². The van der Waals surface area contributed by atoms with Gasteiger partial charge in [0.05, 0.1) is 18.0 Å². The molecule has 0 unspecified atom stereocenters. The molecule has 8 nitrogen and oxygen atoms in total. The van der Waals surface area contributed by atoms with E-state index >= 15 is 0 Å². The Kier molecular flexibility index (Phi) is 6.68. The maximum atomic E-state index is 12.3. The Bertz CT molecular complexity index is 1060. The lowest BCUT2D eigenvalue weighted by Gasteiger charge is -2.33. The zero-order valence-corrected chi connectivity index (χ0v) is 18.8. The van der Waals surface area contributed by atoms with E-state index in [9.17, 15) is 4.79 Å². The average molecular weight is 435 g/mol. The summed E-state index contributed by atoms with van der Waals surface area (Å²) in [7, 11) is 1.66. The molecule has 1 fully saturated rings. The summed E-state index contributed by atoms with van der Waals surface area (Å²) in [4.78, 5) is 28.3. The molecule has 0 radical (unpaired) electrons. The normalized spacial score (nSPS) is 14.6. The number of hydrogen-bond acceptors (Lipinski definition) is 7. The SMILES string of the molecule is COc1ccc(CNc2ncc3c(N4CCC(C(=O)NC(C)C)CC4)nccc3n2)cc1. The molecule has 0 aliphatic carbocycles. The molecule has 3 aromatic rings. The summed E-state index contributed by atoms with van der Waals surface area (Å²) in [5.74, 6) is 2.51. The third kappa shape index (κ3) is 5.07. The zero-order valence-electron chi connectivity index (χ0n) is 18.8. The Balaban J connectivity index is 1.42. The van der Waals surface area contributed by atoms with E-state index in [2.05, 4.69) is 30.5 Å². The number of anilines is 2. The van der Waals surface area contributed by atoms with Crippen molar-refractivity contribution < 1.29 is 9.53 Å². The topological polar surface area (TPSA) is 92.3 Å². The van der Waals surface area contributed by atoms with E-state index in [1.165, 1.54) is 0 Å². The molecular weight excluding hydrogens is 404 g/mol. The van der Waals surface area contributed by atoms with E-state index in [1.54, 1.807) is 13.3 Å². The van der Waals surface area contributed by atoms with Crippen molar-refractivity contribution in [1.82, 2.24) is 20.3 Å². The van der Waals surface area contributed by atoms with Gasteiger partial charge in [-0.15, -0.1) is 0 Å². The molecular formula is C24H30N6O2. The quantitative estimate of drug-likeness (QED) is 0.589. The molecule has 0 atom stereocenters. The summed E-state index contributed by atoms with van der Waals surface area (Å²) in [5.41, 5.74) is 1.97. The van der Waals surface area contributed by atoms with Gasteiger partial charge in [0.2, 0.25) is 11.9 Å². The number of fused-ring (bicyclic) bond motifs is 1. The molecule has 1 saturated heterocycles. The highest BCUT2D eigenvalue weighted by atomic mass is 16.5. The van der Waals surface area contributed by atoms with Crippen LogP contribution < -0.4 is 20.3 Å². The summed E-state index contributed by atoms with van der Waals surface area (Å²) in [5, 5.41) is 7.23. The first-order chi connectivity index (χ1) is 15.5. The largest absolute Gasteiger partial charge is 0.497 e. The van der Waals surface area contributed by atoms with Crippen LogP contribution in [0.4, 0.5) is 11.8 Å². The number of carbonyl (C=O) groups excluding carboxylic acids is 1. The second-order valence-corrected chi connectivity index (χ2v) is 8.39. The lowest BCUT2D eigenvalue weighted by molar-refractivity contribution is -0.126. The van der Waals surface area contributed by atoms with E-state index < -0.39 is 0 Å². The number of methoxy groups -OCH3 is 1. The van der Waals surface area contributed by atoms with Crippen molar-refractivity contribution in [2.24, 2.45) is 5.92 Å². The van der Waals surface area contributed by atoms with Crippen LogP contribution in [0.3, 0.4) is 0 Å². The highest BCUT2D eigenvalue weighted by Crippen LogP contribution is 2.28. The molecule has 3 heterocycles. The molecule has 4 rings (SSSR count). The number of rotatable bonds is 7. The van der Waals surface area contributed by atoms with Crippen LogP contribution in [0.5, 0.6) is 5.75 Å². The molecule has 0 saturated carbocycles. The van der Waals surface area contributed by atoms with Gasteiger partial charge < -0.3 is 20.3 Å².